The number of fused-ring (bicyclic) bond motifs is 1. The Hall–Kier alpha value is -2.30. The standard InChI is InChI=1S/C15H14N4/c16-19-15(13-8-1-2-9-17-13)12-7-3-5-11-6-4-10-18-14(11)12/h1-10,15,19H,16H2. The van der Waals surface area contributed by atoms with E-state index >= 15 is 0 Å². The van der Waals surface area contributed by atoms with Crippen molar-refractivity contribution < 1.29 is 0 Å². The summed E-state index contributed by atoms with van der Waals surface area (Å²) in [6, 6.07) is 15.7. The Morgan fingerprint density at radius 1 is 0.895 bits per heavy atom. The van der Waals surface area contributed by atoms with Gasteiger partial charge in [0.25, 0.3) is 0 Å². The summed E-state index contributed by atoms with van der Waals surface area (Å²) in [5, 5.41) is 1.09. The molecule has 0 spiro atoms. The minimum Gasteiger partial charge on any atom is -0.271 e. The fraction of sp³-hybridized carbons (Fsp3) is 0.0667. The number of hydrazine groups is 1. The van der Waals surface area contributed by atoms with Crippen molar-refractivity contribution in [3.63, 3.8) is 0 Å². The number of hydrogen-bond acceptors (Lipinski definition) is 4. The molecular weight excluding hydrogens is 236 g/mol. The average molecular weight is 250 g/mol. The molecule has 3 rings (SSSR count). The summed E-state index contributed by atoms with van der Waals surface area (Å²) >= 11 is 0. The van der Waals surface area contributed by atoms with Crippen LogP contribution in [0.2, 0.25) is 0 Å². The Kier molecular flexibility index (Phi) is 3.18. The summed E-state index contributed by atoms with van der Waals surface area (Å²) in [5.41, 5.74) is 5.67. The second-order valence-electron chi connectivity index (χ2n) is 4.28. The highest BCUT2D eigenvalue weighted by atomic mass is 15.2. The molecule has 4 heteroatoms. The van der Waals surface area contributed by atoms with E-state index in [9.17, 15) is 0 Å². The second kappa shape index (κ2) is 5.14. The number of nitrogens with two attached hydrogens (primary N) is 1. The van der Waals surface area contributed by atoms with E-state index in [-0.39, 0.29) is 6.04 Å². The molecule has 94 valence electrons. The fourth-order valence-electron chi connectivity index (χ4n) is 2.24. The molecule has 0 saturated carbocycles. The van der Waals surface area contributed by atoms with Gasteiger partial charge >= 0.3 is 0 Å². The number of pyridine rings is 2. The first kappa shape index (κ1) is 11.8. The lowest BCUT2D eigenvalue weighted by atomic mass is 10.0. The highest BCUT2D eigenvalue weighted by Gasteiger charge is 2.16. The summed E-state index contributed by atoms with van der Waals surface area (Å²) in [7, 11) is 0. The van der Waals surface area contributed by atoms with Gasteiger partial charge in [-0.2, -0.15) is 0 Å². The molecule has 0 aliphatic rings. The van der Waals surface area contributed by atoms with Gasteiger partial charge in [-0.05, 0) is 18.2 Å². The molecule has 1 unspecified atom stereocenters. The van der Waals surface area contributed by atoms with E-state index in [1.54, 1.807) is 12.4 Å². The molecule has 0 aliphatic heterocycles. The zero-order valence-corrected chi connectivity index (χ0v) is 10.3. The Labute approximate surface area is 111 Å². The molecule has 2 aromatic heterocycles. The van der Waals surface area contributed by atoms with Crippen molar-refractivity contribution in [3.05, 3.63) is 72.2 Å². The highest BCUT2D eigenvalue weighted by molar-refractivity contribution is 5.82. The van der Waals surface area contributed by atoms with Crippen LogP contribution < -0.4 is 11.3 Å². The predicted molar refractivity (Wildman–Crippen MR) is 75.1 cm³/mol. The van der Waals surface area contributed by atoms with Gasteiger partial charge in [-0.1, -0.05) is 30.3 Å². The molecule has 0 fully saturated rings. The van der Waals surface area contributed by atoms with Crippen LogP contribution in [0.3, 0.4) is 0 Å². The SMILES string of the molecule is NNC(c1ccccn1)c1cccc2cccnc12. The highest BCUT2D eigenvalue weighted by Crippen LogP contribution is 2.25. The number of hydrogen-bond donors (Lipinski definition) is 2. The molecule has 3 N–H and O–H groups in total. The van der Waals surface area contributed by atoms with E-state index in [4.69, 9.17) is 5.84 Å². The summed E-state index contributed by atoms with van der Waals surface area (Å²) in [4.78, 5) is 8.82. The smallest absolute Gasteiger partial charge is 0.0902 e. The van der Waals surface area contributed by atoms with Gasteiger partial charge in [0, 0.05) is 23.3 Å². The molecule has 0 saturated heterocycles. The summed E-state index contributed by atoms with van der Waals surface area (Å²) < 4.78 is 0. The van der Waals surface area contributed by atoms with Crippen LogP contribution in [0.4, 0.5) is 0 Å². The van der Waals surface area contributed by atoms with Crippen molar-refractivity contribution in [2.24, 2.45) is 5.84 Å². The molecule has 1 aromatic carbocycles. The van der Waals surface area contributed by atoms with Gasteiger partial charge in [0.05, 0.1) is 17.3 Å². The van der Waals surface area contributed by atoms with Crippen LogP contribution in [0, 0.1) is 0 Å². The van der Waals surface area contributed by atoms with E-state index < -0.39 is 0 Å². The Morgan fingerprint density at radius 3 is 2.53 bits per heavy atom. The molecule has 1 atom stereocenters. The molecular formula is C15H14N4. The van der Waals surface area contributed by atoms with Crippen molar-refractivity contribution in [2.75, 3.05) is 0 Å². The van der Waals surface area contributed by atoms with Gasteiger partial charge in [-0.3, -0.25) is 15.8 Å². The maximum Gasteiger partial charge on any atom is 0.0902 e. The van der Waals surface area contributed by atoms with Gasteiger partial charge in [0.2, 0.25) is 0 Å². The predicted octanol–water partition coefficient (Wildman–Crippen LogP) is 2.18. The number of nitrogens with one attached hydrogen (secondary N) is 1. The van der Waals surface area contributed by atoms with E-state index in [1.165, 1.54) is 0 Å². The molecule has 0 aliphatic carbocycles. The third kappa shape index (κ3) is 2.19. The Morgan fingerprint density at radius 2 is 1.74 bits per heavy atom. The first-order valence-corrected chi connectivity index (χ1v) is 6.11. The third-order valence-corrected chi connectivity index (χ3v) is 3.13. The molecule has 0 radical (unpaired) electrons. The molecule has 19 heavy (non-hydrogen) atoms. The van der Waals surface area contributed by atoms with E-state index in [0.717, 1.165) is 22.2 Å². The quantitative estimate of drug-likeness (QED) is 0.552. The molecule has 4 nitrogen and oxygen atoms in total. The van der Waals surface area contributed by atoms with Crippen LogP contribution in [-0.4, -0.2) is 9.97 Å². The number of para-hydroxylation sites is 1. The lowest BCUT2D eigenvalue weighted by Crippen LogP contribution is -2.29. The summed E-state index contributed by atoms with van der Waals surface area (Å²) in [6.07, 6.45) is 3.55. The van der Waals surface area contributed by atoms with Crippen LogP contribution >= 0.6 is 0 Å². The van der Waals surface area contributed by atoms with Crippen molar-refractivity contribution in [1.29, 1.82) is 0 Å². The van der Waals surface area contributed by atoms with Gasteiger partial charge in [-0.25, -0.2) is 5.43 Å². The topological polar surface area (TPSA) is 63.8 Å². The number of rotatable bonds is 3. The van der Waals surface area contributed by atoms with Gasteiger partial charge in [0.1, 0.15) is 0 Å². The molecule has 0 amide bonds. The summed E-state index contributed by atoms with van der Waals surface area (Å²) in [5.74, 6) is 5.71. The van der Waals surface area contributed by atoms with Crippen LogP contribution in [0.5, 0.6) is 0 Å². The zero-order valence-electron chi connectivity index (χ0n) is 10.3. The van der Waals surface area contributed by atoms with Crippen molar-refractivity contribution >= 4 is 10.9 Å². The maximum atomic E-state index is 5.71. The fourth-order valence-corrected chi connectivity index (χ4v) is 2.24. The molecule has 0 bridgehead atoms. The molecule has 2 heterocycles. The van der Waals surface area contributed by atoms with Crippen LogP contribution in [0.25, 0.3) is 10.9 Å². The monoisotopic (exact) mass is 250 g/mol. The lowest BCUT2D eigenvalue weighted by molar-refractivity contribution is 0.624. The van der Waals surface area contributed by atoms with E-state index in [1.807, 2.05) is 48.5 Å². The average Bonchev–Trinajstić information content (AvgIpc) is 2.49. The normalized spacial score (nSPS) is 12.5. The largest absolute Gasteiger partial charge is 0.271 e. The first-order valence-electron chi connectivity index (χ1n) is 6.11. The van der Waals surface area contributed by atoms with Crippen LogP contribution in [0.1, 0.15) is 17.3 Å². The van der Waals surface area contributed by atoms with Crippen molar-refractivity contribution in [3.8, 4) is 0 Å². The number of nitrogens with zero attached hydrogens (tertiary/aromatic N) is 2. The molecule has 3 aromatic rings. The van der Waals surface area contributed by atoms with E-state index in [2.05, 4.69) is 15.4 Å². The number of benzene rings is 1. The van der Waals surface area contributed by atoms with Crippen LogP contribution in [-0.2, 0) is 0 Å². The number of aromatic nitrogens is 2. The summed E-state index contributed by atoms with van der Waals surface area (Å²) in [6.45, 7) is 0. The Bertz CT molecular complexity index is 677. The lowest BCUT2D eigenvalue weighted by Gasteiger charge is -2.17. The minimum absolute atomic E-state index is 0.167. The van der Waals surface area contributed by atoms with Gasteiger partial charge in [0.15, 0.2) is 0 Å². The van der Waals surface area contributed by atoms with Gasteiger partial charge < -0.3 is 0 Å². The van der Waals surface area contributed by atoms with Crippen molar-refractivity contribution in [2.45, 2.75) is 6.04 Å². The van der Waals surface area contributed by atoms with E-state index in [0.29, 0.717) is 0 Å². The third-order valence-electron chi connectivity index (χ3n) is 3.13. The minimum atomic E-state index is -0.167. The maximum absolute atomic E-state index is 5.71. The zero-order chi connectivity index (χ0) is 13.1. The first-order chi connectivity index (χ1) is 9.40. The van der Waals surface area contributed by atoms with Crippen LogP contribution in [0.15, 0.2) is 60.9 Å². The van der Waals surface area contributed by atoms with Crippen molar-refractivity contribution in [1.82, 2.24) is 15.4 Å². The second-order valence-corrected chi connectivity index (χ2v) is 4.28. The van der Waals surface area contributed by atoms with Gasteiger partial charge in [-0.15, -0.1) is 0 Å². The Balaban J connectivity index is 2.17.